The van der Waals surface area contributed by atoms with E-state index in [2.05, 4.69) is 58.3 Å². The van der Waals surface area contributed by atoms with Crippen LogP contribution >= 0.6 is 15.9 Å². The number of fused-ring (bicyclic) bond motifs is 1. The lowest BCUT2D eigenvalue weighted by Crippen LogP contribution is -2.49. The van der Waals surface area contributed by atoms with Crippen molar-refractivity contribution in [1.29, 1.82) is 0 Å². The molecule has 1 saturated heterocycles. The Kier molecular flexibility index (Phi) is 4.49. The highest BCUT2D eigenvalue weighted by Crippen LogP contribution is 2.26. The van der Waals surface area contributed by atoms with Gasteiger partial charge in [-0.05, 0) is 75.9 Å². The van der Waals surface area contributed by atoms with Crippen molar-refractivity contribution in [2.24, 2.45) is 0 Å². The number of nitrogens with zero attached hydrogens (tertiary/aromatic N) is 1. The van der Waals surface area contributed by atoms with Crippen molar-refractivity contribution in [2.45, 2.75) is 57.2 Å². The van der Waals surface area contributed by atoms with Gasteiger partial charge >= 0.3 is 0 Å². The Bertz CT molecular complexity index is 474. The maximum Gasteiger partial charge on any atom is 0.0178 e. The molecule has 0 radical (unpaired) electrons. The van der Waals surface area contributed by atoms with Crippen LogP contribution in [-0.2, 0) is 12.8 Å². The topological polar surface area (TPSA) is 15.3 Å². The molecule has 3 rings (SSSR count). The highest BCUT2D eigenvalue weighted by atomic mass is 79.9. The van der Waals surface area contributed by atoms with E-state index >= 15 is 0 Å². The second-order valence-corrected chi connectivity index (χ2v) is 7.49. The number of rotatable bonds is 2. The van der Waals surface area contributed by atoms with E-state index < -0.39 is 0 Å². The monoisotopic (exact) mass is 336 g/mol. The zero-order valence-electron chi connectivity index (χ0n) is 12.5. The maximum atomic E-state index is 3.93. The van der Waals surface area contributed by atoms with Gasteiger partial charge in [0.15, 0.2) is 0 Å². The Labute approximate surface area is 131 Å². The molecule has 0 aromatic heterocycles. The van der Waals surface area contributed by atoms with Gasteiger partial charge in [0.05, 0.1) is 0 Å². The van der Waals surface area contributed by atoms with E-state index in [9.17, 15) is 0 Å². The maximum absolute atomic E-state index is 3.93. The Morgan fingerprint density at radius 2 is 2.05 bits per heavy atom. The molecule has 1 aromatic carbocycles. The van der Waals surface area contributed by atoms with E-state index in [1.807, 2.05) is 0 Å². The molecule has 3 unspecified atom stereocenters. The Morgan fingerprint density at radius 3 is 2.85 bits per heavy atom. The van der Waals surface area contributed by atoms with Crippen molar-refractivity contribution in [2.75, 3.05) is 13.6 Å². The number of piperidine rings is 1. The molecular formula is C17H25BrN2. The van der Waals surface area contributed by atoms with E-state index in [0.29, 0.717) is 18.1 Å². The summed E-state index contributed by atoms with van der Waals surface area (Å²) in [5.41, 5.74) is 3.08. The first kappa shape index (κ1) is 14.6. The number of nitrogens with one attached hydrogen (secondary N) is 1. The van der Waals surface area contributed by atoms with Crippen LogP contribution in [0.4, 0.5) is 0 Å². The molecule has 1 heterocycles. The average Bonchev–Trinajstić information content (AvgIpc) is 2.43. The molecule has 1 aliphatic carbocycles. The van der Waals surface area contributed by atoms with Gasteiger partial charge in [-0.3, -0.25) is 0 Å². The summed E-state index contributed by atoms with van der Waals surface area (Å²) in [6.45, 7) is 3.58. The van der Waals surface area contributed by atoms with Crippen LogP contribution in [0.25, 0.3) is 0 Å². The molecule has 1 aliphatic heterocycles. The van der Waals surface area contributed by atoms with Gasteiger partial charge < -0.3 is 10.2 Å². The third-order valence-corrected chi connectivity index (χ3v) is 5.57. The fraction of sp³-hybridized carbons (Fsp3) is 0.647. The third-order valence-electron chi connectivity index (χ3n) is 5.08. The van der Waals surface area contributed by atoms with Gasteiger partial charge in [0, 0.05) is 22.6 Å². The number of hydrogen-bond acceptors (Lipinski definition) is 2. The highest BCUT2D eigenvalue weighted by molar-refractivity contribution is 9.10. The number of hydrogen-bond donors (Lipinski definition) is 1. The van der Waals surface area contributed by atoms with Gasteiger partial charge in [-0.25, -0.2) is 0 Å². The Hall–Kier alpha value is -0.380. The molecular weight excluding hydrogens is 312 g/mol. The SMILES string of the molecule is CC1CC(NC2CCc3cc(Br)ccc3C2)CCN1C. The number of aryl methyl sites for hydroxylation is 1. The predicted octanol–water partition coefficient (Wildman–Crippen LogP) is 3.38. The van der Waals surface area contributed by atoms with E-state index in [1.165, 1.54) is 54.2 Å². The van der Waals surface area contributed by atoms with Crippen molar-refractivity contribution < 1.29 is 0 Å². The summed E-state index contributed by atoms with van der Waals surface area (Å²) in [7, 11) is 2.25. The fourth-order valence-electron chi connectivity index (χ4n) is 3.64. The van der Waals surface area contributed by atoms with Crippen LogP contribution in [0.1, 0.15) is 37.3 Å². The van der Waals surface area contributed by atoms with Crippen LogP contribution < -0.4 is 5.32 Å². The van der Waals surface area contributed by atoms with Crippen molar-refractivity contribution in [3.05, 3.63) is 33.8 Å². The molecule has 0 spiro atoms. The molecule has 3 atom stereocenters. The third kappa shape index (κ3) is 3.26. The average molecular weight is 337 g/mol. The van der Waals surface area contributed by atoms with E-state index in [1.54, 1.807) is 0 Å². The van der Waals surface area contributed by atoms with Crippen LogP contribution in [-0.4, -0.2) is 36.6 Å². The second kappa shape index (κ2) is 6.17. The first-order valence-electron chi connectivity index (χ1n) is 7.85. The van der Waals surface area contributed by atoms with Crippen LogP contribution in [0.5, 0.6) is 0 Å². The van der Waals surface area contributed by atoms with E-state index in [0.717, 1.165) is 0 Å². The molecule has 1 fully saturated rings. The minimum Gasteiger partial charge on any atom is -0.311 e. The minimum absolute atomic E-state index is 0.671. The van der Waals surface area contributed by atoms with E-state index in [4.69, 9.17) is 0 Å². The highest BCUT2D eigenvalue weighted by Gasteiger charge is 2.26. The summed E-state index contributed by atoms with van der Waals surface area (Å²) in [5, 5.41) is 3.93. The van der Waals surface area contributed by atoms with Crippen molar-refractivity contribution in [3.8, 4) is 0 Å². The summed E-state index contributed by atoms with van der Waals surface area (Å²) in [6, 6.07) is 8.87. The lowest BCUT2D eigenvalue weighted by molar-refractivity contribution is 0.160. The minimum atomic E-state index is 0.671. The molecule has 2 aliphatic rings. The summed E-state index contributed by atoms with van der Waals surface area (Å²) in [4.78, 5) is 2.48. The summed E-state index contributed by atoms with van der Waals surface area (Å²) in [5.74, 6) is 0. The Balaban J connectivity index is 1.59. The first-order valence-corrected chi connectivity index (χ1v) is 8.64. The van der Waals surface area contributed by atoms with E-state index in [-0.39, 0.29) is 0 Å². The largest absolute Gasteiger partial charge is 0.311 e. The smallest absolute Gasteiger partial charge is 0.0178 e. The normalized spacial score (nSPS) is 31.1. The van der Waals surface area contributed by atoms with Crippen LogP contribution in [0.3, 0.4) is 0 Å². The number of benzene rings is 1. The summed E-state index contributed by atoms with van der Waals surface area (Å²) < 4.78 is 1.21. The molecule has 1 N–H and O–H groups in total. The van der Waals surface area contributed by atoms with Gasteiger partial charge in [0.2, 0.25) is 0 Å². The quantitative estimate of drug-likeness (QED) is 0.890. The second-order valence-electron chi connectivity index (χ2n) is 6.57. The van der Waals surface area contributed by atoms with Gasteiger partial charge in [0.1, 0.15) is 0 Å². The van der Waals surface area contributed by atoms with Gasteiger partial charge in [0.25, 0.3) is 0 Å². The zero-order valence-corrected chi connectivity index (χ0v) is 14.1. The van der Waals surface area contributed by atoms with Gasteiger partial charge in [-0.1, -0.05) is 22.0 Å². The van der Waals surface area contributed by atoms with Crippen molar-refractivity contribution in [3.63, 3.8) is 0 Å². The fourth-order valence-corrected chi connectivity index (χ4v) is 4.05. The Morgan fingerprint density at radius 1 is 1.20 bits per heavy atom. The predicted molar refractivity (Wildman–Crippen MR) is 88.2 cm³/mol. The standard InChI is InChI=1S/C17H25BrN2/c1-12-9-17(7-8-20(12)2)19-16-6-4-13-10-15(18)5-3-14(13)11-16/h3,5,10,12,16-17,19H,4,6-9,11H2,1-2H3. The molecule has 0 saturated carbocycles. The van der Waals surface area contributed by atoms with Crippen LogP contribution in [0.15, 0.2) is 22.7 Å². The van der Waals surface area contributed by atoms with Crippen molar-refractivity contribution >= 4 is 15.9 Å². The molecule has 3 heteroatoms. The molecule has 1 aromatic rings. The summed E-state index contributed by atoms with van der Waals surface area (Å²) >= 11 is 3.58. The molecule has 20 heavy (non-hydrogen) atoms. The lowest BCUT2D eigenvalue weighted by atomic mass is 9.87. The lowest BCUT2D eigenvalue weighted by Gasteiger charge is -2.38. The van der Waals surface area contributed by atoms with Gasteiger partial charge in [-0.15, -0.1) is 0 Å². The number of likely N-dealkylation sites (tertiary alicyclic amines) is 1. The molecule has 2 nitrogen and oxygen atoms in total. The zero-order chi connectivity index (χ0) is 14.1. The molecule has 0 amide bonds. The first-order chi connectivity index (χ1) is 9.61. The van der Waals surface area contributed by atoms with Gasteiger partial charge in [-0.2, -0.15) is 0 Å². The molecule has 110 valence electrons. The summed E-state index contributed by atoms with van der Waals surface area (Å²) in [6.07, 6.45) is 6.28. The number of halogens is 1. The molecule has 0 bridgehead atoms. The van der Waals surface area contributed by atoms with Crippen LogP contribution in [0.2, 0.25) is 0 Å². The van der Waals surface area contributed by atoms with Crippen LogP contribution in [0, 0.1) is 0 Å². The van der Waals surface area contributed by atoms with Crippen molar-refractivity contribution in [1.82, 2.24) is 10.2 Å².